The second-order valence-corrected chi connectivity index (χ2v) is 4.32. The summed E-state index contributed by atoms with van der Waals surface area (Å²) in [5.74, 6) is 0.0295. The van der Waals surface area contributed by atoms with E-state index in [0.717, 1.165) is 18.5 Å². The number of fused-ring (bicyclic) bond motifs is 1. The molecule has 1 atom stereocenters. The SMILES string of the molecule is CCOCCNC(=O)C1NCCc2ccccc21. The molecule has 0 saturated carbocycles. The Hall–Kier alpha value is -1.39. The smallest absolute Gasteiger partial charge is 0.241 e. The maximum absolute atomic E-state index is 12.1. The van der Waals surface area contributed by atoms with Crippen molar-refractivity contribution in [2.75, 3.05) is 26.3 Å². The van der Waals surface area contributed by atoms with E-state index in [4.69, 9.17) is 4.74 Å². The standard InChI is InChI=1S/C14H20N2O2/c1-2-18-10-9-16-14(17)13-12-6-4-3-5-11(12)7-8-15-13/h3-6,13,15H,2,7-10H2,1H3,(H,16,17). The van der Waals surface area contributed by atoms with Crippen LogP contribution in [0, 0.1) is 0 Å². The summed E-state index contributed by atoms with van der Waals surface area (Å²) in [4.78, 5) is 12.1. The van der Waals surface area contributed by atoms with Gasteiger partial charge in [0.05, 0.1) is 6.61 Å². The number of hydrogen-bond donors (Lipinski definition) is 2. The molecule has 1 aromatic rings. The first-order valence-electron chi connectivity index (χ1n) is 6.49. The molecule has 1 aliphatic heterocycles. The Morgan fingerprint density at radius 3 is 3.17 bits per heavy atom. The van der Waals surface area contributed by atoms with E-state index < -0.39 is 0 Å². The molecule has 4 heteroatoms. The summed E-state index contributed by atoms with van der Waals surface area (Å²) in [6.07, 6.45) is 0.985. The van der Waals surface area contributed by atoms with Gasteiger partial charge in [-0.05, 0) is 24.5 Å². The van der Waals surface area contributed by atoms with Crippen molar-refractivity contribution in [3.63, 3.8) is 0 Å². The molecule has 1 aliphatic rings. The largest absolute Gasteiger partial charge is 0.380 e. The number of rotatable bonds is 5. The predicted octanol–water partition coefficient (Wildman–Crippen LogP) is 1.03. The highest BCUT2D eigenvalue weighted by Gasteiger charge is 2.25. The van der Waals surface area contributed by atoms with Gasteiger partial charge in [-0.3, -0.25) is 4.79 Å². The number of nitrogens with one attached hydrogen (secondary N) is 2. The Kier molecular flexibility index (Phi) is 4.73. The van der Waals surface area contributed by atoms with Gasteiger partial charge in [-0.2, -0.15) is 0 Å². The minimum atomic E-state index is -0.225. The molecule has 18 heavy (non-hydrogen) atoms. The first-order chi connectivity index (χ1) is 8.83. The molecule has 4 nitrogen and oxygen atoms in total. The van der Waals surface area contributed by atoms with Gasteiger partial charge in [0.2, 0.25) is 5.91 Å². The molecule has 0 bridgehead atoms. The molecule has 0 fully saturated rings. The molecule has 2 N–H and O–H groups in total. The van der Waals surface area contributed by atoms with Crippen LogP contribution in [0.4, 0.5) is 0 Å². The van der Waals surface area contributed by atoms with Crippen molar-refractivity contribution in [3.05, 3.63) is 35.4 Å². The summed E-state index contributed by atoms with van der Waals surface area (Å²) in [5, 5.41) is 6.16. The van der Waals surface area contributed by atoms with Gasteiger partial charge < -0.3 is 15.4 Å². The molecule has 1 aromatic carbocycles. The van der Waals surface area contributed by atoms with Crippen LogP contribution in [0.2, 0.25) is 0 Å². The van der Waals surface area contributed by atoms with Gasteiger partial charge in [0.1, 0.15) is 6.04 Å². The van der Waals surface area contributed by atoms with Crippen molar-refractivity contribution in [2.24, 2.45) is 0 Å². The fraction of sp³-hybridized carbons (Fsp3) is 0.500. The molecule has 1 amide bonds. The highest BCUT2D eigenvalue weighted by atomic mass is 16.5. The summed E-state index contributed by atoms with van der Waals surface area (Å²) in [7, 11) is 0. The lowest BCUT2D eigenvalue weighted by Crippen LogP contribution is -2.42. The summed E-state index contributed by atoms with van der Waals surface area (Å²) in [6, 6.07) is 7.89. The van der Waals surface area contributed by atoms with Crippen molar-refractivity contribution in [2.45, 2.75) is 19.4 Å². The molecule has 0 aromatic heterocycles. The molecular weight excluding hydrogens is 228 g/mol. The summed E-state index contributed by atoms with van der Waals surface area (Å²) in [5.41, 5.74) is 2.36. The van der Waals surface area contributed by atoms with Gasteiger partial charge >= 0.3 is 0 Å². The number of amides is 1. The average Bonchev–Trinajstić information content (AvgIpc) is 2.43. The summed E-state index contributed by atoms with van der Waals surface area (Å²) < 4.78 is 5.21. The zero-order chi connectivity index (χ0) is 12.8. The molecular formula is C14H20N2O2. The summed E-state index contributed by atoms with van der Waals surface area (Å²) >= 11 is 0. The number of carbonyl (C=O) groups is 1. The second kappa shape index (κ2) is 6.52. The lowest BCUT2D eigenvalue weighted by Gasteiger charge is -2.26. The Morgan fingerprint density at radius 1 is 1.50 bits per heavy atom. The first kappa shape index (κ1) is 13.1. The monoisotopic (exact) mass is 248 g/mol. The molecule has 1 heterocycles. The molecule has 98 valence electrons. The Morgan fingerprint density at radius 2 is 2.33 bits per heavy atom. The van der Waals surface area contributed by atoms with Gasteiger partial charge in [0.25, 0.3) is 0 Å². The molecule has 0 saturated heterocycles. The van der Waals surface area contributed by atoms with E-state index in [1.54, 1.807) is 0 Å². The van der Waals surface area contributed by atoms with E-state index >= 15 is 0 Å². The van der Waals surface area contributed by atoms with Crippen molar-refractivity contribution in [1.82, 2.24) is 10.6 Å². The van der Waals surface area contributed by atoms with E-state index in [0.29, 0.717) is 19.8 Å². The zero-order valence-electron chi connectivity index (χ0n) is 10.7. The van der Waals surface area contributed by atoms with E-state index in [1.165, 1.54) is 5.56 Å². The third-order valence-corrected chi connectivity index (χ3v) is 3.12. The third kappa shape index (κ3) is 3.09. The minimum absolute atomic E-state index is 0.0295. The minimum Gasteiger partial charge on any atom is -0.380 e. The average molecular weight is 248 g/mol. The van der Waals surface area contributed by atoms with Gasteiger partial charge in [0.15, 0.2) is 0 Å². The Balaban J connectivity index is 1.95. The van der Waals surface area contributed by atoms with E-state index in [2.05, 4.69) is 16.7 Å². The van der Waals surface area contributed by atoms with Crippen LogP contribution in [0.5, 0.6) is 0 Å². The number of ether oxygens (including phenoxy) is 1. The van der Waals surface area contributed by atoms with Crippen molar-refractivity contribution in [1.29, 1.82) is 0 Å². The molecule has 0 aliphatic carbocycles. The fourth-order valence-electron chi connectivity index (χ4n) is 2.23. The second-order valence-electron chi connectivity index (χ2n) is 4.32. The van der Waals surface area contributed by atoms with Crippen LogP contribution >= 0.6 is 0 Å². The first-order valence-corrected chi connectivity index (χ1v) is 6.49. The maximum atomic E-state index is 12.1. The van der Waals surface area contributed by atoms with Crippen LogP contribution in [-0.4, -0.2) is 32.2 Å². The Labute approximate surface area is 108 Å². The van der Waals surface area contributed by atoms with Crippen molar-refractivity contribution in [3.8, 4) is 0 Å². The van der Waals surface area contributed by atoms with E-state index in [1.807, 2.05) is 25.1 Å². The molecule has 0 radical (unpaired) electrons. The topological polar surface area (TPSA) is 50.4 Å². The molecule has 2 rings (SSSR count). The van der Waals surface area contributed by atoms with Crippen LogP contribution in [-0.2, 0) is 16.0 Å². The van der Waals surface area contributed by atoms with Gasteiger partial charge in [-0.15, -0.1) is 0 Å². The fourth-order valence-corrected chi connectivity index (χ4v) is 2.23. The van der Waals surface area contributed by atoms with Gasteiger partial charge in [-0.1, -0.05) is 24.3 Å². The van der Waals surface area contributed by atoms with Crippen molar-refractivity contribution < 1.29 is 9.53 Å². The molecule has 0 spiro atoms. The van der Waals surface area contributed by atoms with Gasteiger partial charge in [0, 0.05) is 19.7 Å². The highest BCUT2D eigenvalue weighted by Crippen LogP contribution is 2.22. The normalized spacial score (nSPS) is 18.2. The predicted molar refractivity (Wildman–Crippen MR) is 70.4 cm³/mol. The van der Waals surface area contributed by atoms with E-state index in [9.17, 15) is 4.79 Å². The van der Waals surface area contributed by atoms with Crippen LogP contribution < -0.4 is 10.6 Å². The highest BCUT2D eigenvalue weighted by molar-refractivity contribution is 5.83. The quantitative estimate of drug-likeness (QED) is 0.765. The van der Waals surface area contributed by atoms with Crippen molar-refractivity contribution >= 4 is 5.91 Å². The lowest BCUT2D eigenvalue weighted by atomic mass is 9.94. The Bertz CT molecular complexity index is 407. The maximum Gasteiger partial charge on any atom is 0.241 e. The zero-order valence-corrected chi connectivity index (χ0v) is 10.7. The number of benzene rings is 1. The van der Waals surface area contributed by atoms with Crippen LogP contribution in [0.3, 0.4) is 0 Å². The van der Waals surface area contributed by atoms with Crippen LogP contribution in [0.25, 0.3) is 0 Å². The summed E-state index contributed by atoms with van der Waals surface area (Å²) in [6.45, 7) is 4.60. The van der Waals surface area contributed by atoms with Crippen LogP contribution in [0.15, 0.2) is 24.3 Å². The number of hydrogen-bond acceptors (Lipinski definition) is 3. The molecule has 1 unspecified atom stereocenters. The third-order valence-electron chi connectivity index (χ3n) is 3.12. The van der Waals surface area contributed by atoms with Gasteiger partial charge in [-0.25, -0.2) is 0 Å². The van der Waals surface area contributed by atoms with E-state index in [-0.39, 0.29) is 11.9 Å². The number of carbonyl (C=O) groups excluding carboxylic acids is 1. The van der Waals surface area contributed by atoms with Crippen LogP contribution in [0.1, 0.15) is 24.1 Å². The lowest BCUT2D eigenvalue weighted by molar-refractivity contribution is -0.123.